The third-order valence-corrected chi connectivity index (χ3v) is 5.97. The van der Waals surface area contributed by atoms with Crippen LogP contribution in [-0.4, -0.2) is 43.2 Å². The van der Waals surface area contributed by atoms with Crippen LogP contribution in [0, 0.1) is 0 Å². The second-order valence-electron chi connectivity index (χ2n) is 8.45. The van der Waals surface area contributed by atoms with Crippen LogP contribution in [0.5, 0.6) is 5.75 Å². The van der Waals surface area contributed by atoms with Crippen LogP contribution in [0.4, 0.5) is 11.5 Å². The Balaban J connectivity index is 1.43. The molecule has 1 aliphatic heterocycles. The Hall–Kier alpha value is -3.87. The van der Waals surface area contributed by atoms with Crippen molar-refractivity contribution in [3.63, 3.8) is 0 Å². The molecule has 182 valence electrons. The van der Waals surface area contributed by atoms with Crippen molar-refractivity contribution in [2.45, 2.75) is 32.1 Å². The van der Waals surface area contributed by atoms with E-state index in [1.807, 2.05) is 73.7 Å². The van der Waals surface area contributed by atoms with Gasteiger partial charge in [-0.05, 0) is 61.1 Å². The average molecular weight is 474 g/mol. The van der Waals surface area contributed by atoms with Gasteiger partial charge in [0.2, 0.25) is 0 Å². The molecule has 3 aromatic rings. The highest BCUT2D eigenvalue weighted by atomic mass is 16.5. The van der Waals surface area contributed by atoms with Crippen LogP contribution >= 0.6 is 0 Å². The molecule has 7 nitrogen and oxygen atoms in total. The number of nitrogens with zero attached hydrogens (tertiary/aromatic N) is 2. The average Bonchev–Trinajstić information content (AvgIpc) is 2.88. The lowest BCUT2D eigenvalue weighted by Crippen LogP contribution is -2.40. The predicted octanol–water partition coefficient (Wildman–Crippen LogP) is 4.59. The second-order valence-corrected chi connectivity index (χ2v) is 8.45. The normalized spacial score (nSPS) is 13.5. The van der Waals surface area contributed by atoms with E-state index in [1.54, 1.807) is 11.1 Å². The summed E-state index contributed by atoms with van der Waals surface area (Å²) in [5, 5.41) is 3.28. The van der Waals surface area contributed by atoms with Gasteiger partial charge in [0.05, 0.1) is 18.7 Å². The molecule has 1 amide bonds. The lowest BCUT2D eigenvalue weighted by Gasteiger charge is -2.30. The molecule has 1 aromatic heterocycles. The van der Waals surface area contributed by atoms with Gasteiger partial charge in [0.25, 0.3) is 5.91 Å². The molecule has 2 aromatic carbocycles. The van der Waals surface area contributed by atoms with Crippen LogP contribution in [0.25, 0.3) is 0 Å². The van der Waals surface area contributed by atoms with E-state index < -0.39 is 0 Å². The topological polar surface area (TPSA) is 80.8 Å². The van der Waals surface area contributed by atoms with Gasteiger partial charge in [0, 0.05) is 19.3 Å². The summed E-state index contributed by atoms with van der Waals surface area (Å²) in [6.45, 7) is 3.51. The molecular formula is C28H31N3O4. The summed E-state index contributed by atoms with van der Waals surface area (Å²) in [6.07, 6.45) is 3.50. The number of aromatic nitrogens is 1. The molecule has 35 heavy (non-hydrogen) atoms. The van der Waals surface area contributed by atoms with Crippen LogP contribution in [0.2, 0.25) is 0 Å². The van der Waals surface area contributed by atoms with Crippen LogP contribution in [0.15, 0.2) is 72.9 Å². The summed E-state index contributed by atoms with van der Waals surface area (Å²) in [7, 11) is 0. The van der Waals surface area contributed by atoms with E-state index in [4.69, 9.17) is 9.47 Å². The Morgan fingerprint density at radius 2 is 1.97 bits per heavy atom. The van der Waals surface area contributed by atoms with E-state index in [1.165, 1.54) is 0 Å². The van der Waals surface area contributed by atoms with Crippen LogP contribution in [0.3, 0.4) is 0 Å². The summed E-state index contributed by atoms with van der Waals surface area (Å²) < 4.78 is 11.0. The monoisotopic (exact) mass is 473 g/mol. The highest BCUT2D eigenvalue weighted by Crippen LogP contribution is 2.35. The molecule has 0 radical (unpaired) electrons. The molecule has 1 aliphatic rings. The van der Waals surface area contributed by atoms with Gasteiger partial charge in [-0.3, -0.25) is 9.59 Å². The highest BCUT2D eigenvalue weighted by molar-refractivity contribution is 5.97. The number of benzene rings is 2. The largest absolute Gasteiger partial charge is 0.482 e. The zero-order chi connectivity index (χ0) is 24.5. The zero-order valence-corrected chi connectivity index (χ0v) is 20.0. The third kappa shape index (κ3) is 6.59. The Kier molecular flexibility index (Phi) is 8.33. The number of anilines is 2. The first kappa shape index (κ1) is 24.3. The first-order chi connectivity index (χ1) is 17.1. The number of hydrogen-bond acceptors (Lipinski definition) is 6. The molecule has 0 aliphatic carbocycles. The van der Waals surface area contributed by atoms with Crippen LogP contribution < -0.4 is 15.0 Å². The molecule has 4 rings (SSSR count). The summed E-state index contributed by atoms with van der Waals surface area (Å²) in [4.78, 5) is 30.9. The maximum Gasteiger partial charge on any atom is 0.306 e. The molecule has 1 atom stereocenters. The fraction of sp³-hybridized carbons (Fsp3) is 0.321. The number of fused-ring (bicyclic) bond motifs is 1. The van der Waals surface area contributed by atoms with Gasteiger partial charge in [-0.1, -0.05) is 42.5 Å². The second kappa shape index (κ2) is 12.0. The first-order valence-corrected chi connectivity index (χ1v) is 12.1. The van der Waals surface area contributed by atoms with E-state index in [-0.39, 0.29) is 24.4 Å². The molecular weight excluding hydrogens is 442 g/mol. The minimum Gasteiger partial charge on any atom is -0.482 e. The van der Waals surface area contributed by atoms with Gasteiger partial charge in [-0.15, -0.1) is 0 Å². The van der Waals surface area contributed by atoms with Crippen LogP contribution in [0.1, 0.15) is 36.8 Å². The van der Waals surface area contributed by atoms with Gasteiger partial charge in [0.15, 0.2) is 6.61 Å². The Bertz CT molecular complexity index is 1120. The third-order valence-electron chi connectivity index (χ3n) is 5.97. The Labute approximate surface area is 206 Å². The molecule has 0 fully saturated rings. The van der Waals surface area contributed by atoms with Crippen molar-refractivity contribution < 1.29 is 19.1 Å². The molecule has 0 saturated heterocycles. The lowest BCUT2D eigenvalue weighted by atomic mass is 9.89. The minimum absolute atomic E-state index is 0.00713. The standard InChI is InChI=1S/C28H31N3O4/c1-2-34-28(33)19-23(22-9-4-3-5-10-22)17-21-12-13-24-25(18-21)35-20-27(32)31(24)16-8-15-30-26-11-6-7-14-29-26/h3-7,9-14,18,23H,2,8,15-17,19-20H2,1H3,(H,29,30). The maximum atomic E-state index is 12.6. The van der Waals surface area contributed by atoms with Crippen molar-refractivity contribution in [2.24, 2.45) is 0 Å². The van der Waals surface area contributed by atoms with Gasteiger partial charge >= 0.3 is 5.97 Å². The fourth-order valence-corrected chi connectivity index (χ4v) is 4.28. The highest BCUT2D eigenvalue weighted by Gasteiger charge is 2.26. The quantitative estimate of drug-likeness (QED) is 0.324. The van der Waals surface area contributed by atoms with E-state index in [2.05, 4.69) is 10.3 Å². The SMILES string of the molecule is CCOC(=O)CC(Cc1ccc2c(c1)OCC(=O)N2CCCNc1ccccn1)c1ccccc1. The number of ether oxygens (including phenoxy) is 2. The molecule has 7 heteroatoms. The van der Waals surface area contributed by atoms with Crippen molar-refractivity contribution in [3.8, 4) is 5.75 Å². The Morgan fingerprint density at radius 3 is 2.74 bits per heavy atom. The van der Waals surface area contributed by atoms with Crippen molar-refractivity contribution in [1.82, 2.24) is 4.98 Å². The molecule has 0 saturated carbocycles. The predicted molar refractivity (Wildman–Crippen MR) is 136 cm³/mol. The summed E-state index contributed by atoms with van der Waals surface area (Å²) >= 11 is 0. The number of nitrogens with one attached hydrogen (secondary N) is 1. The lowest BCUT2D eigenvalue weighted by molar-refractivity contribution is -0.143. The van der Waals surface area contributed by atoms with E-state index >= 15 is 0 Å². The van der Waals surface area contributed by atoms with Gasteiger partial charge in [-0.25, -0.2) is 4.98 Å². The minimum atomic E-state index is -0.202. The number of pyridine rings is 1. The van der Waals surface area contributed by atoms with Crippen molar-refractivity contribution in [3.05, 3.63) is 84.1 Å². The summed E-state index contributed by atoms with van der Waals surface area (Å²) in [5.41, 5.74) is 2.92. The number of amides is 1. The van der Waals surface area contributed by atoms with E-state index in [9.17, 15) is 9.59 Å². The molecule has 2 heterocycles. The molecule has 0 spiro atoms. The molecule has 1 unspecified atom stereocenters. The van der Waals surface area contributed by atoms with Crippen molar-refractivity contribution in [1.29, 1.82) is 0 Å². The van der Waals surface area contributed by atoms with Gasteiger partial charge in [0.1, 0.15) is 11.6 Å². The number of carbonyl (C=O) groups is 2. The van der Waals surface area contributed by atoms with Crippen molar-refractivity contribution >= 4 is 23.4 Å². The van der Waals surface area contributed by atoms with Crippen LogP contribution in [-0.2, 0) is 20.7 Å². The summed E-state index contributed by atoms with van der Waals surface area (Å²) in [6, 6.07) is 21.7. The van der Waals surface area contributed by atoms with Gasteiger partial charge in [-0.2, -0.15) is 0 Å². The number of carbonyl (C=O) groups excluding carboxylic acids is 2. The van der Waals surface area contributed by atoms with E-state index in [0.29, 0.717) is 38.3 Å². The zero-order valence-electron chi connectivity index (χ0n) is 20.0. The number of rotatable bonds is 11. The Morgan fingerprint density at radius 1 is 1.14 bits per heavy atom. The fourth-order valence-electron chi connectivity index (χ4n) is 4.28. The van der Waals surface area contributed by atoms with Gasteiger partial charge < -0.3 is 19.7 Å². The molecule has 0 bridgehead atoms. The smallest absolute Gasteiger partial charge is 0.306 e. The number of hydrogen-bond donors (Lipinski definition) is 1. The number of esters is 1. The van der Waals surface area contributed by atoms with Crippen molar-refractivity contribution in [2.75, 3.05) is 36.5 Å². The summed E-state index contributed by atoms with van der Waals surface area (Å²) in [5.74, 6) is 1.26. The molecule has 1 N–H and O–H groups in total. The van der Waals surface area contributed by atoms with E-state index in [0.717, 1.165) is 29.1 Å². The maximum absolute atomic E-state index is 12.6. The first-order valence-electron chi connectivity index (χ1n) is 12.1.